The molecule has 1 unspecified atom stereocenters. The molecule has 10 nitrogen and oxygen atoms in total. The zero-order valence-corrected chi connectivity index (χ0v) is 25.4. The van der Waals surface area contributed by atoms with E-state index in [4.69, 9.17) is 9.26 Å². The molecule has 3 amide bonds. The van der Waals surface area contributed by atoms with E-state index in [0.29, 0.717) is 36.4 Å². The number of ketones is 1. The number of unbranched alkanes of at least 4 members (excludes halogenated alkanes) is 1. The topological polar surface area (TPSA) is 131 Å². The third-order valence-electron chi connectivity index (χ3n) is 7.63. The Morgan fingerprint density at radius 1 is 1.05 bits per heavy atom. The van der Waals surface area contributed by atoms with E-state index in [0.717, 1.165) is 17.5 Å². The highest BCUT2D eigenvalue weighted by Crippen LogP contribution is 2.37. The smallest absolute Gasteiger partial charge is 0.409 e. The molecule has 10 heteroatoms. The highest BCUT2D eigenvalue weighted by Gasteiger charge is 2.44. The van der Waals surface area contributed by atoms with Crippen LogP contribution in [0.2, 0.25) is 0 Å². The van der Waals surface area contributed by atoms with Crippen LogP contribution in [-0.2, 0) is 14.3 Å². The minimum atomic E-state index is -1.07. The molecule has 0 saturated carbocycles. The van der Waals surface area contributed by atoms with Crippen LogP contribution in [0.15, 0.2) is 65.2 Å². The van der Waals surface area contributed by atoms with Gasteiger partial charge in [-0.05, 0) is 31.2 Å². The lowest BCUT2D eigenvalue weighted by Crippen LogP contribution is -2.49. The number of rotatable bonds is 11. The summed E-state index contributed by atoms with van der Waals surface area (Å²) in [5.41, 5.74) is 1.96. The molecular weight excluding hydrogens is 548 g/mol. The van der Waals surface area contributed by atoms with Gasteiger partial charge in [0.1, 0.15) is 23.1 Å². The Hall–Kier alpha value is -4.47. The van der Waals surface area contributed by atoms with Gasteiger partial charge in [0, 0.05) is 18.5 Å². The van der Waals surface area contributed by atoms with E-state index >= 15 is 0 Å². The number of alkyl carbamates (subject to hydrolysis) is 1. The number of Topliss-reactive ketones (excluding diaryl/α,β-unsaturated/α-hetero) is 1. The predicted molar refractivity (Wildman–Crippen MR) is 161 cm³/mol. The van der Waals surface area contributed by atoms with Crippen LogP contribution >= 0.6 is 0 Å². The number of benzene rings is 2. The van der Waals surface area contributed by atoms with Crippen molar-refractivity contribution in [2.75, 3.05) is 6.54 Å². The minimum absolute atomic E-state index is 0.274. The molecule has 2 N–H and O–H groups in total. The molecule has 0 spiro atoms. The monoisotopic (exact) mass is 588 g/mol. The summed E-state index contributed by atoms with van der Waals surface area (Å²) in [7, 11) is 0. The van der Waals surface area contributed by atoms with E-state index in [-0.39, 0.29) is 17.7 Å². The van der Waals surface area contributed by atoms with Gasteiger partial charge in [-0.3, -0.25) is 14.4 Å². The van der Waals surface area contributed by atoms with E-state index in [1.165, 1.54) is 4.90 Å². The summed E-state index contributed by atoms with van der Waals surface area (Å²) >= 11 is 0. The molecule has 43 heavy (non-hydrogen) atoms. The van der Waals surface area contributed by atoms with Crippen molar-refractivity contribution in [3.8, 4) is 11.3 Å². The maximum atomic E-state index is 13.9. The van der Waals surface area contributed by atoms with E-state index in [2.05, 4.69) is 15.8 Å². The van der Waals surface area contributed by atoms with E-state index in [9.17, 15) is 19.2 Å². The van der Waals surface area contributed by atoms with Gasteiger partial charge in [0.25, 0.3) is 11.8 Å². The van der Waals surface area contributed by atoms with Crippen LogP contribution in [0.4, 0.5) is 4.79 Å². The van der Waals surface area contributed by atoms with Crippen molar-refractivity contribution in [1.29, 1.82) is 0 Å². The van der Waals surface area contributed by atoms with E-state index in [1.54, 1.807) is 13.8 Å². The first-order chi connectivity index (χ1) is 20.5. The summed E-state index contributed by atoms with van der Waals surface area (Å²) in [6, 6.07) is 17.1. The van der Waals surface area contributed by atoms with Crippen molar-refractivity contribution in [1.82, 2.24) is 20.7 Å². The number of amides is 3. The Labute approximate surface area is 252 Å². The number of nitrogens with zero attached hydrogens (tertiary/aromatic N) is 2. The summed E-state index contributed by atoms with van der Waals surface area (Å²) in [4.78, 5) is 54.6. The number of likely N-dealkylation sites (tertiary alicyclic amines) is 1. The highest BCUT2D eigenvalue weighted by atomic mass is 16.6. The summed E-state index contributed by atoms with van der Waals surface area (Å²) in [6.07, 6.45) is 0.285. The number of hydrogen-bond acceptors (Lipinski definition) is 7. The average Bonchev–Trinajstić information content (AvgIpc) is 3.53. The zero-order chi connectivity index (χ0) is 31.1. The number of aryl methyl sites for hydroxylation is 1. The van der Waals surface area contributed by atoms with Crippen LogP contribution < -0.4 is 10.6 Å². The van der Waals surface area contributed by atoms with Crippen LogP contribution in [0.3, 0.4) is 0 Å². The van der Waals surface area contributed by atoms with E-state index < -0.39 is 36.1 Å². The van der Waals surface area contributed by atoms with Gasteiger partial charge in [-0.15, -0.1) is 0 Å². The first-order valence-electron chi connectivity index (χ1n) is 14.7. The minimum Gasteiger partial charge on any atom is -0.425 e. The van der Waals surface area contributed by atoms with Crippen molar-refractivity contribution < 1.29 is 28.4 Å². The Morgan fingerprint density at radius 3 is 2.35 bits per heavy atom. The molecule has 3 atom stereocenters. The fourth-order valence-corrected chi connectivity index (χ4v) is 5.31. The van der Waals surface area contributed by atoms with Gasteiger partial charge in [-0.1, -0.05) is 99.4 Å². The van der Waals surface area contributed by atoms with Crippen molar-refractivity contribution in [3.05, 3.63) is 77.6 Å². The maximum Gasteiger partial charge on any atom is 0.409 e. The molecular formula is C33H40N4O6. The average molecular weight is 589 g/mol. The second-order valence-electron chi connectivity index (χ2n) is 11.8. The van der Waals surface area contributed by atoms with Crippen molar-refractivity contribution in [2.45, 2.75) is 78.6 Å². The van der Waals surface area contributed by atoms with Crippen LogP contribution in [0, 0.1) is 12.3 Å². The zero-order valence-electron chi connectivity index (χ0n) is 25.4. The molecule has 0 radical (unpaired) electrons. The molecule has 4 rings (SSSR count). The Balaban J connectivity index is 1.47. The Morgan fingerprint density at radius 2 is 1.70 bits per heavy atom. The number of carbonyl (C=O) groups excluding carboxylic acids is 4. The number of carbonyl (C=O) groups is 4. The summed E-state index contributed by atoms with van der Waals surface area (Å²) in [5, 5.41) is 9.45. The molecule has 3 aromatic rings. The van der Waals surface area contributed by atoms with Crippen LogP contribution in [0.1, 0.15) is 81.1 Å². The summed E-state index contributed by atoms with van der Waals surface area (Å²) < 4.78 is 11.2. The molecule has 1 saturated heterocycles. The highest BCUT2D eigenvalue weighted by molar-refractivity contribution is 6.38. The molecule has 2 aromatic carbocycles. The molecule has 1 fully saturated rings. The molecule has 1 aliphatic rings. The number of nitrogens with one attached hydrogen (secondary N) is 2. The first kappa shape index (κ1) is 31.5. The third kappa shape index (κ3) is 7.68. The molecule has 0 aliphatic carbocycles. The van der Waals surface area contributed by atoms with Gasteiger partial charge in [-0.2, -0.15) is 0 Å². The fourth-order valence-electron chi connectivity index (χ4n) is 5.31. The van der Waals surface area contributed by atoms with Gasteiger partial charge < -0.3 is 24.8 Å². The molecule has 2 heterocycles. The fraction of sp³-hybridized carbons (Fsp3) is 0.424. The predicted octanol–water partition coefficient (Wildman–Crippen LogP) is 5.58. The van der Waals surface area contributed by atoms with E-state index in [1.807, 2.05) is 81.4 Å². The number of hydrogen-bond donors (Lipinski definition) is 2. The quantitative estimate of drug-likeness (QED) is 0.280. The van der Waals surface area contributed by atoms with Gasteiger partial charge in [0.05, 0.1) is 6.04 Å². The Kier molecular flexibility index (Phi) is 10.0. The van der Waals surface area contributed by atoms with Gasteiger partial charge in [-0.25, -0.2) is 4.79 Å². The second-order valence-corrected chi connectivity index (χ2v) is 11.8. The lowest BCUT2D eigenvalue weighted by atomic mass is 9.92. The normalized spacial score (nSPS) is 17.1. The van der Waals surface area contributed by atoms with Crippen molar-refractivity contribution >= 4 is 23.7 Å². The summed E-state index contributed by atoms with van der Waals surface area (Å²) in [5.74, 6) is -1.54. The Bertz CT molecular complexity index is 1440. The lowest BCUT2D eigenvalue weighted by molar-refractivity contribution is -0.139. The molecule has 1 aliphatic heterocycles. The number of aromatic nitrogens is 1. The number of ether oxygens (including phenoxy) is 1. The molecule has 228 valence electrons. The van der Waals surface area contributed by atoms with Crippen molar-refractivity contribution in [2.24, 2.45) is 5.41 Å². The van der Waals surface area contributed by atoms with Crippen LogP contribution in [0.25, 0.3) is 11.3 Å². The lowest BCUT2D eigenvalue weighted by Gasteiger charge is -2.26. The second kappa shape index (κ2) is 13.7. The maximum absolute atomic E-state index is 13.9. The summed E-state index contributed by atoms with van der Waals surface area (Å²) in [6.45, 7) is 9.72. The van der Waals surface area contributed by atoms with Gasteiger partial charge >= 0.3 is 6.09 Å². The third-order valence-corrected chi connectivity index (χ3v) is 7.63. The van der Waals surface area contributed by atoms with Crippen molar-refractivity contribution in [3.63, 3.8) is 0 Å². The standard InChI is InChI=1S/C33H40N4O6/c1-6-7-18-25(29(38)30(39)34-21(2)23-14-10-8-11-15-23)35-32(41)42-26-19-33(4,5)20-37(26)31(40)27-22(3)43-36-28(27)24-16-12-9-13-17-24/h8-17,21,25-26H,6-7,18-20H2,1-5H3,(H,34,39)(H,35,41)/t21-,25+,26?/m1/s1. The first-order valence-corrected chi connectivity index (χ1v) is 14.7. The molecule has 1 aromatic heterocycles. The largest absolute Gasteiger partial charge is 0.425 e. The van der Waals surface area contributed by atoms with Gasteiger partial charge in [0.15, 0.2) is 6.23 Å². The SMILES string of the molecule is CCCC[C@H](NC(=O)OC1CC(C)(C)CN1C(=O)c1c(-c2ccccc2)noc1C)C(=O)C(=O)N[C@H](C)c1ccccc1. The van der Waals surface area contributed by atoms with Crippen LogP contribution in [0.5, 0.6) is 0 Å². The van der Waals surface area contributed by atoms with Gasteiger partial charge in [0.2, 0.25) is 5.78 Å². The molecule has 0 bridgehead atoms. The van der Waals surface area contributed by atoms with Crippen LogP contribution in [-0.4, -0.2) is 52.6 Å².